The fourth-order valence-corrected chi connectivity index (χ4v) is 5.22. The first-order chi connectivity index (χ1) is 11.7. The number of aryl methyl sites for hydroxylation is 1. The first-order valence-electron chi connectivity index (χ1n) is 8.46. The Morgan fingerprint density at radius 2 is 1.50 bits per heavy atom. The zero-order chi connectivity index (χ0) is 17.0. The van der Waals surface area contributed by atoms with Crippen molar-refractivity contribution in [2.45, 2.75) is 26.7 Å². The van der Waals surface area contributed by atoms with Crippen molar-refractivity contribution in [1.82, 2.24) is 0 Å². The molecule has 0 spiro atoms. The Bertz CT molecular complexity index is 770. The molecule has 0 radical (unpaired) electrons. The van der Waals surface area contributed by atoms with Crippen molar-refractivity contribution in [3.05, 3.63) is 76.6 Å². The lowest BCUT2D eigenvalue weighted by Crippen LogP contribution is -2.09. The average molecular weight is 342 g/mol. The van der Waals surface area contributed by atoms with Crippen LogP contribution in [0.1, 0.15) is 37.0 Å². The van der Waals surface area contributed by atoms with Crippen molar-refractivity contribution in [2.75, 3.05) is 13.2 Å². The number of allylic oxidation sites excluding steroid dienone is 1. The number of hydrogen-bond donors (Lipinski definition) is 0. The van der Waals surface area contributed by atoms with E-state index >= 15 is 0 Å². The van der Waals surface area contributed by atoms with Gasteiger partial charge in [-0.15, -0.1) is 0 Å². The Morgan fingerprint density at radius 1 is 0.875 bits per heavy atom. The van der Waals surface area contributed by atoms with Gasteiger partial charge in [-0.3, -0.25) is 4.57 Å². The molecule has 0 aliphatic heterocycles. The number of benzene rings is 2. The molecule has 0 N–H and O–H groups in total. The Labute approximate surface area is 143 Å². The van der Waals surface area contributed by atoms with Crippen molar-refractivity contribution in [1.29, 1.82) is 0 Å². The molecule has 1 aliphatic rings. The minimum atomic E-state index is -3.29. The summed E-state index contributed by atoms with van der Waals surface area (Å²) in [5.74, 6) is 0. The maximum absolute atomic E-state index is 13.5. The number of hydrogen-bond acceptors (Lipinski definition) is 3. The summed E-state index contributed by atoms with van der Waals surface area (Å²) in [6, 6.07) is 18.4. The van der Waals surface area contributed by atoms with Crippen LogP contribution in [0.15, 0.2) is 59.9 Å². The summed E-state index contributed by atoms with van der Waals surface area (Å²) < 4.78 is 24.8. The van der Waals surface area contributed by atoms with Gasteiger partial charge in [-0.05, 0) is 43.4 Å². The summed E-state index contributed by atoms with van der Waals surface area (Å²) in [6.45, 7) is 4.44. The lowest BCUT2D eigenvalue weighted by Gasteiger charge is -2.28. The van der Waals surface area contributed by atoms with Gasteiger partial charge in [0.15, 0.2) is 0 Å². The summed E-state index contributed by atoms with van der Waals surface area (Å²) in [5, 5.41) is 0.802. The van der Waals surface area contributed by atoms with E-state index in [1.165, 1.54) is 5.56 Å². The van der Waals surface area contributed by atoms with Gasteiger partial charge in [-0.1, -0.05) is 54.6 Å². The van der Waals surface area contributed by atoms with Crippen LogP contribution in [-0.2, 0) is 20.0 Å². The van der Waals surface area contributed by atoms with E-state index in [0.717, 1.165) is 28.4 Å². The lowest BCUT2D eigenvalue weighted by molar-refractivity contribution is 0.225. The van der Waals surface area contributed by atoms with Crippen molar-refractivity contribution in [3.8, 4) is 0 Å². The summed E-state index contributed by atoms with van der Waals surface area (Å²) >= 11 is 0. The zero-order valence-corrected chi connectivity index (χ0v) is 15.1. The molecular formula is C20H23O3P. The molecule has 24 heavy (non-hydrogen) atoms. The van der Waals surface area contributed by atoms with E-state index in [4.69, 9.17) is 9.05 Å². The van der Waals surface area contributed by atoms with Crippen LogP contribution in [0.4, 0.5) is 0 Å². The second-order valence-electron chi connectivity index (χ2n) is 5.68. The summed E-state index contributed by atoms with van der Waals surface area (Å²) in [6.07, 6.45) is 1.55. The van der Waals surface area contributed by atoms with E-state index in [1.54, 1.807) is 0 Å². The van der Waals surface area contributed by atoms with Gasteiger partial charge >= 0.3 is 7.60 Å². The minimum Gasteiger partial charge on any atom is -0.306 e. The first kappa shape index (κ1) is 17.2. The molecule has 1 aliphatic carbocycles. The van der Waals surface area contributed by atoms with Gasteiger partial charge in [0.25, 0.3) is 0 Å². The van der Waals surface area contributed by atoms with E-state index in [2.05, 4.69) is 30.3 Å². The van der Waals surface area contributed by atoms with Crippen LogP contribution in [0.2, 0.25) is 0 Å². The van der Waals surface area contributed by atoms with E-state index in [1.807, 2.05) is 38.1 Å². The molecule has 3 nitrogen and oxygen atoms in total. The van der Waals surface area contributed by atoms with Gasteiger partial charge < -0.3 is 9.05 Å². The van der Waals surface area contributed by atoms with Crippen LogP contribution in [0.5, 0.6) is 0 Å². The molecule has 126 valence electrons. The molecule has 0 fully saturated rings. The van der Waals surface area contributed by atoms with E-state index in [0.29, 0.717) is 19.6 Å². The highest BCUT2D eigenvalue weighted by Gasteiger charge is 2.35. The third-order valence-electron chi connectivity index (χ3n) is 4.20. The fourth-order valence-electron chi connectivity index (χ4n) is 3.25. The highest BCUT2D eigenvalue weighted by atomic mass is 31.2. The molecule has 2 aromatic carbocycles. The normalized spacial score (nSPS) is 14.6. The molecule has 0 unspecified atom stereocenters. The second-order valence-corrected chi connectivity index (χ2v) is 7.73. The van der Waals surface area contributed by atoms with Gasteiger partial charge in [0, 0.05) is 5.57 Å². The van der Waals surface area contributed by atoms with Crippen molar-refractivity contribution in [3.63, 3.8) is 0 Å². The molecule has 0 heterocycles. The monoisotopic (exact) mass is 342 g/mol. The molecule has 0 saturated heterocycles. The quantitative estimate of drug-likeness (QED) is 0.636. The Balaban J connectivity index is 2.25. The van der Waals surface area contributed by atoms with Gasteiger partial charge in [-0.2, -0.15) is 0 Å². The Kier molecular flexibility index (Phi) is 5.35. The molecule has 4 heteroatoms. The van der Waals surface area contributed by atoms with Crippen LogP contribution >= 0.6 is 7.60 Å². The van der Waals surface area contributed by atoms with Gasteiger partial charge in [0.05, 0.1) is 18.5 Å². The Morgan fingerprint density at radius 3 is 2.17 bits per heavy atom. The predicted molar refractivity (Wildman–Crippen MR) is 98.1 cm³/mol. The highest BCUT2D eigenvalue weighted by molar-refractivity contribution is 7.58. The summed E-state index contributed by atoms with van der Waals surface area (Å²) in [7, 11) is -3.29. The molecule has 3 rings (SSSR count). The highest BCUT2D eigenvalue weighted by Crippen LogP contribution is 2.61. The first-order valence-corrected chi connectivity index (χ1v) is 10.0. The third kappa shape index (κ3) is 3.25. The van der Waals surface area contributed by atoms with E-state index < -0.39 is 7.60 Å². The van der Waals surface area contributed by atoms with Gasteiger partial charge in [0.2, 0.25) is 0 Å². The molecule has 0 aromatic heterocycles. The zero-order valence-electron chi connectivity index (χ0n) is 14.2. The topological polar surface area (TPSA) is 35.5 Å². The standard InChI is InChI=1S/C20H23O3P/c1-3-22-24(21,23-4-2)19-15-14-16-10-8-9-13-18(16)20(19)17-11-6-5-7-12-17/h5-13H,3-4,14-15H2,1-2H3. The molecule has 0 atom stereocenters. The molecule has 0 amide bonds. The average Bonchev–Trinajstić information content (AvgIpc) is 2.62. The lowest BCUT2D eigenvalue weighted by atomic mass is 9.87. The van der Waals surface area contributed by atoms with Crippen molar-refractivity contribution in [2.24, 2.45) is 0 Å². The SMILES string of the molecule is CCOP(=O)(OCC)C1=C(c2ccccc2)c2ccccc2CC1. The predicted octanol–water partition coefficient (Wildman–Crippen LogP) is 5.66. The Hall–Kier alpha value is -1.67. The van der Waals surface area contributed by atoms with Crippen LogP contribution in [0.25, 0.3) is 5.57 Å². The molecule has 2 aromatic rings. The van der Waals surface area contributed by atoms with E-state index in [-0.39, 0.29) is 0 Å². The van der Waals surface area contributed by atoms with Crippen LogP contribution in [0.3, 0.4) is 0 Å². The summed E-state index contributed by atoms with van der Waals surface area (Å²) in [5.41, 5.74) is 4.46. The van der Waals surface area contributed by atoms with E-state index in [9.17, 15) is 4.57 Å². The largest absolute Gasteiger partial charge is 0.357 e. The maximum Gasteiger partial charge on any atom is 0.357 e. The minimum absolute atomic E-state index is 0.366. The van der Waals surface area contributed by atoms with Gasteiger partial charge in [-0.25, -0.2) is 0 Å². The van der Waals surface area contributed by atoms with Gasteiger partial charge in [0.1, 0.15) is 0 Å². The third-order valence-corrected chi connectivity index (χ3v) is 6.50. The van der Waals surface area contributed by atoms with Crippen molar-refractivity contribution >= 4 is 13.2 Å². The number of rotatable bonds is 6. The number of fused-ring (bicyclic) bond motifs is 1. The summed E-state index contributed by atoms with van der Waals surface area (Å²) in [4.78, 5) is 0. The van der Waals surface area contributed by atoms with Crippen molar-refractivity contribution < 1.29 is 13.6 Å². The van der Waals surface area contributed by atoms with Crippen LogP contribution in [-0.4, -0.2) is 13.2 Å². The molecule has 0 bridgehead atoms. The maximum atomic E-state index is 13.5. The van der Waals surface area contributed by atoms with Crippen LogP contribution in [0, 0.1) is 0 Å². The second kappa shape index (κ2) is 7.48. The fraction of sp³-hybridized carbons (Fsp3) is 0.300. The molecular weight excluding hydrogens is 319 g/mol. The molecule has 0 saturated carbocycles. The van der Waals surface area contributed by atoms with Crippen LogP contribution < -0.4 is 0 Å². The smallest absolute Gasteiger partial charge is 0.306 e.